The number of rotatable bonds is 20. The molecule has 0 aromatic carbocycles. The minimum absolute atomic E-state index is 0.0103. The largest absolute Gasteiger partial charge is 0.465 e. The molecule has 1 aliphatic carbocycles. The predicted octanol–water partition coefficient (Wildman–Crippen LogP) is 5.77. The van der Waals surface area contributed by atoms with Crippen LogP contribution in [0.25, 0.3) is 0 Å². The lowest BCUT2D eigenvalue weighted by atomic mass is 9.80. The molecule has 1 fully saturated rings. The number of hydrogen-bond donors (Lipinski definition) is 1. The lowest BCUT2D eigenvalue weighted by Gasteiger charge is -2.40. The maximum Gasteiger partial charge on any atom is 0.307 e. The van der Waals surface area contributed by atoms with Crippen molar-refractivity contribution >= 4 is 11.9 Å². The monoisotopic (exact) mass is 527 g/mol. The number of aliphatic hydroxyl groups is 1. The van der Waals surface area contributed by atoms with Gasteiger partial charge in [-0.1, -0.05) is 47.5 Å². The fourth-order valence-corrected chi connectivity index (χ4v) is 5.05. The third kappa shape index (κ3) is 12.9. The molecule has 1 N–H and O–H groups in total. The Balaban J connectivity index is 2.31. The van der Waals surface area contributed by atoms with Crippen molar-refractivity contribution in [1.29, 1.82) is 0 Å². The number of carbonyl (C=O) groups is 2. The Kier molecular flexibility index (Phi) is 16.6. The van der Waals surface area contributed by atoms with Crippen LogP contribution in [0, 0.1) is 17.3 Å². The summed E-state index contributed by atoms with van der Waals surface area (Å²) in [6.45, 7) is 16.5. The molecule has 7 heteroatoms. The molecule has 0 amide bonds. The maximum absolute atomic E-state index is 12.5. The van der Waals surface area contributed by atoms with E-state index in [1.54, 1.807) is 0 Å². The summed E-state index contributed by atoms with van der Waals surface area (Å²) < 4.78 is 16.7. The van der Waals surface area contributed by atoms with Crippen LogP contribution in [0.2, 0.25) is 0 Å². The standard InChI is InChI=1S/C30H57NO6/c1-7-29(5,8-2)17-15-27(33)36-23-25-11-13-26(14-12-25)24-37-28(34)16-18-31(19-21-35-22-20-32)30(6,9-3)10-4/h25-26,32H,7-24H2,1-6H3. The van der Waals surface area contributed by atoms with Crippen LogP contribution in [0.15, 0.2) is 0 Å². The summed E-state index contributed by atoms with van der Waals surface area (Å²) in [6, 6.07) is 0. The Morgan fingerprint density at radius 1 is 0.784 bits per heavy atom. The molecule has 0 atom stereocenters. The topological polar surface area (TPSA) is 85.3 Å². The summed E-state index contributed by atoms with van der Waals surface area (Å²) in [7, 11) is 0. The normalized spacial score (nSPS) is 18.7. The van der Waals surface area contributed by atoms with E-state index in [9.17, 15) is 9.59 Å². The minimum atomic E-state index is -0.141. The van der Waals surface area contributed by atoms with Crippen molar-refractivity contribution in [3.05, 3.63) is 0 Å². The fraction of sp³-hybridized carbons (Fsp3) is 0.933. The van der Waals surface area contributed by atoms with Gasteiger partial charge >= 0.3 is 11.9 Å². The third-order valence-corrected chi connectivity index (χ3v) is 9.18. The molecule has 37 heavy (non-hydrogen) atoms. The average molecular weight is 528 g/mol. The molecule has 0 aromatic heterocycles. The number of esters is 2. The van der Waals surface area contributed by atoms with Crippen LogP contribution in [-0.2, 0) is 23.8 Å². The molecule has 7 nitrogen and oxygen atoms in total. The van der Waals surface area contributed by atoms with Gasteiger partial charge in [-0.25, -0.2) is 0 Å². The Morgan fingerprint density at radius 3 is 1.76 bits per heavy atom. The van der Waals surface area contributed by atoms with Gasteiger partial charge in [0, 0.05) is 25.0 Å². The number of aliphatic hydroxyl groups excluding tert-OH is 1. The first kappa shape index (κ1) is 33.8. The van der Waals surface area contributed by atoms with E-state index in [1.165, 1.54) is 0 Å². The molecule has 218 valence electrons. The molecule has 0 radical (unpaired) electrons. The smallest absolute Gasteiger partial charge is 0.307 e. The first-order chi connectivity index (χ1) is 17.6. The summed E-state index contributed by atoms with van der Waals surface area (Å²) in [5, 5.41) is 8.93. The number of nitrogens with zero attached hydrogens (tertiary/aromatic N) is 1. The first-order valence-corrected chi connectivity index (χ1v) is 14.9. The van der Waals surface area contributed by atoms with Crippen LogP contribution in [0.5, 0.6) is 0 Å². The van der Waals surface area contributed by atoms with E-state index in [-0.39, 0.29) is 29.5 Å². The minimum Gasteiger partial charge on any atom is -0.465 e. The molecule has 0 aliphatic heterocycles. The van der Waals surface area contributed by atoms with E-state index < -0.39 is 0 Å². The predicted molar refractivity (Wildman–Crippen MR) is 148 cm³/mol. The molecule has 0 spiro atoms. The van der Waals surface area contributed by atoms with Crippen molar-refractivity contribution in [3.63, 3.8) is 0 Å². The van der Waals surface area contributed by atoms with Gasteiger partial charge in [-0.2, -0.15) is 0 Å². The quantitative estimate of drug-likeness (QED) is 0.159. The van der Waals surface area contributed by atoms with Gasteiger partial charge in [-0.3, -0.25) is 14.5 Å². The van der Waals surface area contributed by atoms with Crippen LogP contribution in [0.1, 0.15) is 112 Å². The van der Waals surface area contributed by atoms with Crippen LogP contribution < -0.4 is 0 Å². The fourth-order valence-electron chi connectivity index (χ4n) is 5.05. The number of hydrogen-bond acceptors (Lipinski definition) is 7. The van der Waals surface area contributed by atoms with Gasteiger partial charge in [0.2, 0.25) is 0 Å². The second-order valence-electron chi connectivity index (χ2n) is 11.5. The van der Waals surface area contributed by atoms with Crippen molar-refractivity contribution in [3.8, 4) is 0 Å². The molecule has 0 aromatic rings. The van der Waals surface area contributed by atoms with Crippen molar-refractivity contribution in [1.82, 2.24) is 4.90 Å². The molecule has 1 saturated carbocycles. The molecule has 1 aliphatic rings. The number of carbonyl (C=O) groups excluding carboxylic acids is 2. The maximum atomic E-state index is 12.5. The van der Waals surface area contributed by atoms with Gasteiger partial charge in [0.1, 0.15) is 0 Å². The average Bonchev–Trinajstić information content (AvgIpc) is 2.93. The highest BCUT2D eigenvalue weighted by Crippen LogP contribution is 2.32. The molecular formula is C30H57NO6. The molecule has 0 saturated heterocycles. The second-order valence-corrected chi connectivity index (χ2v) is 11.5. The van der Waals surface area contributed by atoms with Crippen LogP contribution in [0.3, 0.4) is 0 Å². The van der Waals surface area contributed by atoms with E-state index in [2.05, 4.69) is 46.4 Å². The van der Waals surface area contributed by atoms with E-state index in [4.69, 9.17) is 19.3 Å². The summed E-state index contributed by atoms with van der Waals surface area (Å²) >= 11 is 0. The van der Waals surface area contributed by atoms with E-state index in [0.717, 1.165) is 64.3 Å². The SMILES string of the molecule is CCC(C)(CC)CCC(=O)OCC1CCC(COC(=O)CCN(CCOCCO)C(C)(CC)CC)CC1. The van der Waals surface area contributed by atoms with Crippen molar-refractivity contribution in [2.45, 2.75) is 118 Å². The van der Waals surface area contributed by atoms with E-state index in [1.807, 2.05) is 0 Å². The lowest BCUT2D eigenvalue weighted by molar-refractivity contribution is -0.148. The summed E-state index contributed by atoms with van der Waals surface area (Å²) in [4.78, 5) is 27.0. The van der Waals surface area contributed by atoms with Crippen LogP contribution in [0.4, 0.5) is 0 Å². The van der Waals surface area contributed by atoms with Crippen molar-refractivity contribution in [2.24, 2.45) is 17.3 Å². The van der Waals surface area contributed by atoms with E-state index >= 15 is 0 Å². The van der Waals surface area contributed by atoms with Crippen molar-refractivity contribution in [2.75, 3.05) is 46.1 Å². The zero-order valence-electron chi connectivity index (χ0n) is 24.8. The highest BCUT2D eigenvalue weighted by molar-refractivity contribution is 5.69. The Hall–Kier alpha value is -1.18. The molecule has 0 bridgehead atoms. The Morgan fingerprint density at radius 2 is 1.30 bits per heavy atom. The van der Waals surface area contributed by atoms with Crippen molar-refractivity contribution < 1.29 is 28.9 Å². The van der Waals surface area contributed by atoms with Gasteiger partial charge in [0.15, 0.2) is 0 Å². The Labute approximate surface area is 227 Å². The lowest BCUT2D eigenvalue weighted by Crippen LogP contribution is -2.48. The van der Waals surface area contributed by atoms with Crippen LogP contribution in [-0.4, -0.2) is 73.6 Å². The third-order valence-electron chi connectivity index (χ3n) is 9.18. The van der Waals surface area contributed by atoms with Gasteiger partial charge in [0.05, 0.1) is 39.5 Å². The van der Waals surface area contributed by atoms with Crippen LogP contribution >= 0.6 is 0 Å². The molecule has 0 heterocycles. The highest BCUT2D eigenvalue weighted by atomic mass is 16.5. The molecular weight excluding hydrogens is 470 g/mol. The summed E-state index contributed by atoms with van der Waals surface area (Å²) in [6.07, 6.45) is 9.98. The van der Waals surface area contributed by atoms with E-state index in [0.29, 0.717) is 57.6 Å². The number of ether oxygens (including phenoxy) is 3. The Bertz CT molecular complexity index is 624. The zero-order chi connectivity index (χ0) is 27.7. The second kappa shape index (κ2) is 18.2. The summed E-state index contributed by atoms with van der Waals surface area (Å²) in [5.74, 6) is 0.603. The van der Waals surface area contributed by atoms with Gasteiger partial charge in [-0.15, -0.1) is 0 Å². The molecule has 1 rings (SSSR count). The molecule has 0 unspecified atom stereocenters. The van der Waals surface area contributed by atoms with Gasteiger partial charge < -0.3 is 19.3 Å². The highest BCUT2D eigenvalue weighted by Gasteiger charge is 2.29. The zero-order valence-corrected chi connectivity index (χ0v) is 24.8. The first-order valence-electron chi connectivity index (χ1n) is 14.9. The summed E-state index contributed by atoms with van der Waals surface area (Å²) in [5.41, 5.74) is 0.240. The van der Waals surface area contributed by atoms with Gasteiger partial charge in [0.25, 0.3) is 0 Å². The van der Waals surface area contributed by atoms with Gasteiger partial charge in [-0.05, 0) is 69.1 Å².